The van der Waals surface area contributed by atoms with E-state index < -0.39 is 0 Å². The van der Waals surface area contributed by atoms with Crippen LogP contribution in [0.5, 0.6) is 0 Å². The average Bonchev–Trinajstić information content (AvgIpc) is 2.42. The van der Waals surface area contributed by atoms with Crippen molar-refractivity contribution >= 4 is 27.3 Å². The number of fused-ring (bicyclic) bond motifs is 1. The molecule has 0 fully saturated rings. The fraction of sp³-hybridized carbons (Fsp3) is 0.250. The molecule has 1 unspecified atom stereocenters. The molecule has 2 nitrogen and oxygen atoms in total. The lowest BCUT2D eigenvalue weighted by Crippen LogP contribution is -2.27. The Labute approximate surface area is 122 Å². The van der Waals surface area contributed by atoms with Gasteiger partial charge in [-0.15, -0.1) is 0 Å². The van der Waals surface area contributed by atoms with Gasteiger partial charge in [0.15, 0.2) is 0 Å². The van der Waals surface area contributed by atoms with Gasteiger partial charge in [0.05, 0.1) is 0 Å². The van der Waals surface area contributed by atoms with Gasteiger partial charge in [-0.3, -0.25) is 0 Å². The molecule has 98 valence electrons. The number of hydrogen-bond acceptors (Lipinski definition) is 2. The van der Waals surface area contributed by atoms with Crippen molar-refractivity contribution in [3.05, 3.63) is 58.1 Å². The van der Waals surface area contributed by atoms with Crippen LogP contribution in [0.2, 0.25) is 0 Å². The smallest absolute Gasteiger partial charge is 0.0488 e. The second kappa shape index (κ2) is 5.25. The fourth-order valence-electron chi connectivity index (χ4n) is 2.69. The summed E-state index contributed by atoms with van der Waals surface area (Å²) in [6.45, 7) is 0. The highest BCUT2D eigenvalue weighted by atomic mass is 79.9. The number of anilines is 2. The molecule has 0 radical (unpaired) electrons. The van der Waals surface area contributed by atoms with E-state index in [1.807, 2.05) is 18.2 Å². The van der Waals surface area contributed by atoms with E-state index in [1.165, 1.54) is 17.5 Å². The Bertz CT molecular complexity index is 595. The molecule has 1 aliphatic rings. The summed E-state index contributed by atoms with van der Waals surface area (Å²) >= 11 is 3.56. The highest BCUT2D eigenvalue weighted by Crippen LogP contribution is 2.28. The molecule has 2 aromatic rings. The summed E-state index contributed by atoms with van der Waals surface area (Å²) in [6.07, 6.45) is 3.42. The molecule has 0 bridgehead atoms. The summed E-state index contributed by atoms with van der Waals surface area (Å²) in [6, 6.07) is 15.1. The zero-order chi connectivity index (χ0) is 13.2. The molecule has 0 heterocycles. The lowest BCUT2D eigenvalue weighted by Gasteiger charge is -2.26. The Morgan fingerprint density at radius 3 is 2.68 bits per heavy atom. The monoisotopic (exact) mass is 316 g/mol. The third-order valence-corrected chi connectivity index (χ3v) is 4.36. The van der Waals surface area contributed by atoms with Crippen molar-refractivity contribution in [2.75, 3.05) is 11.1 Å². The van der Waals surface area contributed by atoms with Crippen molar-refractivity contribution in [2.24, 2.45) is 0 Å². The van der Waals surface area contributed by atoms with Crippen molar-refractivity contribution in [3.8, 4) is 0 Å². The Morgan fingerprint density at radius 1 is 1.11 bits per heavy atom. The molecular weight excluding hydrogens is 300 g/mol. The van der Waals surface area contributed by atoms with E-state index in [-0.39, 0.29) is 0 Å². The number of nitrogens with two attached hydrogens (primary N) is 1. The van der Waals surface area contributed by atoms with E-state index in [4.69, 9.17) is 5.73 Å². The number of halogens is 1. The number of nitrogen functional groups attached to an aromatic ring is 1. The van der Waals surface area contributed by atoms with Crippen LogP contribution in [0.25, 0.3) is 0 Å². The summed E-state index contributed by atoms with van der Waals surface area (Å²) in [7, 11) is 0. The maximum atomic E-state index is 5.77. The van der Waals surface area contributed by atoms with Crippen LogP contribution in [0.4, 0.5) is 11.4 Å². The largest absolute Gasteiger partial charge is 0.399 e. The molecule has 0 amide bonds. The van der Waals surface area contributed by atoms with Gasteiger partial charge in [-0.2, -0.15) is 0 Å². The highest BCUT2D eigenvalue weighted by Gasteiger charge is 2.18. The van der Waals surface area contributed by atoms with Crippen molar-refractivity contribution in [1.29, 1.82) is 0 Å². The van der Waals surface area contributed by atoms with Gasteiger partial charge < -0.3 is 11.1 Å². The number of benzene rings is 2. The minimum Gasteiger partial charge on any atom is -0.399 e. The van der Waals surface area contributed by atoms with Crippen molar-refractivity contribution < 1.29 is 0 Å². The van der Waals surface area contributed by atoms with Gasteiger partial charge >= 0.3 is 0 Å². The third kappa shape index (κ3) is 2.76. The first kappa shape index (κ1) is 12.5. The molecule has 0 saturated heterocycles. The molecule has 2 aromatic carbocycles. The third-order valence-electron chi connectivity index (χ3n) is 3.70. The van der Waals surface area contributed by atoms with E-state index in [2.05, 4.69) is 45.5 Å². The van der Waals surface area contributed by atoms with Crippen molar-refractivity contribution in [3.63, 3.8) is 0 Å². The molecule has 0 saturated carbocycles. The molecule has 1 aliphatic carbocycles. The maximum absolute atomic E-state index is 5.77. The Morgan fingerprint density at radius 2 is 1.89 bits per heavy atom. The first-order chi connectivity index (χ1) is 9.22. The molecule has 19 heavy (non-hydrogen) atoms. The summed E-state index contributed by atoms with van der Waals surface area (Å²) in [5, 5.41) is 3.61. The SMILES string of the molecule is Nc1ccc(NC2CCc3ccccc3C2)c(Br)c1. The van der Waals surface area contributed by atoms with Gasteiger partial charge in [0.25, 0.3) is 0 Å². The van der Waals surface area contributed by atoms with E-state index in [0.717, 1.165) is 28.7 Å². The number of rotatable bonds is 2. The standard InChI is InChI=1S/C16H17BrN2/c17-15-10-13(18)6-8-16(15)19-14-7-5-11-3-1-2-4-12(11)9-14/h1-4,6,8,10,14,19H,5,7,9,18H2. The summed E-state index contributed by atoms with van der Waals surface area (Å²) in [5.41, 5.74) is 10.6. The van der Waals surface area contributed by atoms with Gasteiger partial charge in [0.2, 0.25) is 0 Å². The molecule has 0 aliphatic heterocycles. The average molecular weight is 317 g/mol. The second-order valence-electron chi connectivity index (χ2n) is 5.09. The Kier molecular flexibility index (Phi) is 3.47. The Hall–Kier alpha value is -1.48. The van der Waals surface area contributed by atoms with Crippen LogP contribution in [0.3, 0.4) is 0 Å². The highest BCUT2D eigenvalue weighted by molar-refractivity contribution is 9.10. The molecule has 3 heteroatoms. The summed E-state index contributed by atoms with van der Waals surface area (Å²) in [5.74, 6) is 0. The maximum Gasteiger partial charge on any atom is 0.0488 e. The molecule has 3 rings (SSSR count). The quantitative estimate of drug-likeness (QED) is 0.822. The van der Waals surface area contributed by atoms with Crippen LogP contribution in [-0.4, -0.2) is 6.04 Å². The van der Waals surface area contributed by atoms with E-state index in [1.54, 1.807) is 0 Å². The van der Waals surface area contributed by atoms with E-state index >= 15 is 0 Å². The van der Waals surface area contributed by atoms with Gasteiger partial charge in [0.1, 0.15) is 0 Å². The molecule has 3 N–H and O–H groups in total. The van der Waals surface area contributed by atoms with E-state index in [0.29, 0.717) is 6.04 Å². The topological polar surface area (TPSA) is 38.0 Å². The summed E-state index contributed by atoms with van der Waals surface area (Å²) < 4.78 is 1.03. The van der Waals surface area contributed by atoms with Gasteiger partial charge in [0, 0.05) is 21.9 Å². The van der Waals surface area contributed by atoms with E-state index in [9.17, 15) is 0 Å². The summed E-state index contributed by atoms with van der Waals surface area (Å²) in [4.78, 5) is 0. The first-order valence-electron chi connectivity index (χ1n) is 6.61. The van der Waals surface area contributed by atoms with Crippen molar-refractivity contribution in [2.45, 2.75) is 25.3 Å². The Balaban J connectivity index is 1.75. The zero-order valence-electron chi connectivity index (χ0n) is 10.7. The second-order valence-corrected chi connectivity index (χ2v) is 5.95. The van der Waals surface area contributed by atoms with Gasteiger partial charge in [-0.25, -0.2) is 0 Å². The van der Waals surface area contributed by atoms with Crippen LogP contribution in [0.1, 0.15) is 17.5 Å². The van der Waals surface area contributed by atoms with Crippen LogP contribution < -0.4 is 11.1 Å². The number of nitrogens with one attached hydrogen (secondary N) is 1. The van der Waals surface area contributed by atoms with Crippen LogP contribution >= 0.6 is 15.9 Å². The number of hydrogen-bond donors (Lipinski definition) is 2. The van der Waals surface area contributed by atoms with Crippen LogP contribution in [0.15, 0.2) is 46.9 Å². The minimum absolute atomic E-state index is 0.495. The lowest BCUT2D eigenvalue weighted by atomic mass is 9.88. The molecule has 1 atom stereocenters. The number of aryl methyl sites for hydroxylation is 1. The van der Waals surface area contributed by atoms with Crippen LogP contribution in [-0.2, 0) is 12.8 Å². The normalized spacial score (nSPS) is 17.8. The van der Waals surface area contributed by atoms with Crippen molar-refractivity contribution in [1.82, 2.24) is 0 Å². The molecule has 0 aromatic heterocycles. The zero-order valence-corrected chi connectivity index (χ0v) is 12.3. The minimum atomic E-state index is 0.495. The lowest BCUT2D eigenvalue weighted by molar-refractivity contribution is 0.610. The predicted molar refractivity (Wildman–Crippen MR) is 84.4 cm³/mol. The first-order valence-corrected chi connectivity index (χ1v) is 7.40. The molecular formula is C16H17BrN2. The van der Waals surface area contributed by atoms with Gasteiger partial charge in [-0.05, 0) is 64.5 Å². The van der Waals surface area contributed by atoms with Gasteiger partial charge in [-0.1, -0.05) is 24.3 Å². The molecule has 0 spiro atoms. The van der Waals surface area contributed by atoms with Crippen LogP contribution in [0, 0.1) is 0 Å². The predicted octanol–water partition coefficient (Wildman–Crippen LogP) is 4.00. The fourth-order valence-corrected chi connectivity index (χ4v) is 3.20.